The van der Waals surface area contributed by atoms with Crippen molar-refractivity contribution in [3.05, 3.63) is 88.3 Å². The number of carbonyl (C=O) groups is 1. The number of carbonyl (C=O) groups excluding carboxylic acids is 1. The van der Waals surface area contributed by atoms with Gasteiger partial charge in [-0.3, -0.25) is 9.78 Å². The lowest BCUT2D eigenvalue weighted by Crippen LogP contribution is -2.51. The zero-order valence-electron chi connectivity index (χ0n) is 19.8. The molecule has 1 aromatic carbocycles. The van der Waals surface area contributed by atoms with Crippen LogP contribution in [0.25, 0.3) is 0 Å². The summed E-state index contributed by atoms with van der Waals surface area (Å²) in [4.78, 5) is 21.0. The van der Waals surface area contributed by atoms with Gasteiger partial charge in [-0.25, -0.2) is 4.98 Å². The van der Waals surface area contributed by atoms with Gasteiger partial charge in [0.2, 0.25) is 5.88 Å². The maximum absolute atomic E-state index is 13.1. The van der Waals surface area contributed by atoms with Crippen LogP contribution in [0.3, 0.4) is 0 Å². The van der Waals surface area contributed by atoms with Crippen LogP contribution in [0, 0.1) is 11.3 Å². The van der Waals surface area contributed by atoms with Gasteiger partial charge in [0.15, 0.2) is 5.60 Å². The third kappa shape index (κ3) is 6.95. The Morgan fingerprint density at radius 1 is 1.17 bits per heavy atom. The summed E-state index contributed by atoms with van der Waals surface area (Å²) in [6.45, 7) is 4.81. The Bertz CT molecular complexity index is 1260. The van der Waals surface area contributed by atoms with Crippen LogP contribution in [-0.4, -0.2) is 27.5 Å². The van der Waals surface area contributed by atoms with Gasteiger partial charge >= 0.3 is 6.18 Å². The summed E-state index contributed by atoms with van der Waals surface area (Å²) in [5.74, 6) is -0.873. The van der Waals surface area contributed by atoms with E-state index in [4.69, 9.17) is 16.3 Å². The number of hydrogen-bond donors (Lipinski definition) is 1. The molecule has 10 heteroatoms. The molecule has 3 aromatic rings. The van der Waals surface area contributed by atoms with E-state index in [-0.39, 0.29) is 11.8 Å². The van der Waals surface area contributed by atoms with Crippen LogP contribution >= 0.6 is 11.6 Å². The molecule has 0 aliphatic heterocycles. The molecule has 0 saturated carbocycles. The molecular formula is C26H24ClF3N4O2. The van der Waals surface area contributed by atoms with Crippen molar-refractivity contribution in [3.63, 3.8) is 0 Å². The molecular weight excluding hydrogens is 493 g/mol. The van der Waals surface area contributed by atoms with E-state index < -0.39 is 29.3 Å². The number of pyridine rings is 2. The molecule has 0 fully saturated rings. The first kappa shape index (κ1) is 27.0. The van der Waals surface area contributed by atoms with Gasteiger partial charge in [-0.15, -0.1) is 0 Å². The van der Waals surface area contributed by atoms with E-state index in [1.807, 2.05) is 25.1 Å². The first-order chi connectivity index (χ1) is 16.9. The van der Waals surface area contributed by atoms with Crippen LogP contribution in [0.1, 0.15) is 48.9 Å². The summed E-state index contributed by atoms with van der Waals surface area (Å²) in [7, 11) is 0. The number of nitrogens with one attached hydrogen (secondary N) is 1. The average molecular weight is 517 g/mol. The Kier molecular flexibility index (Phi) is 8.21. The van der Waals surface area contributed by atoms with Gasteiger partial charge < -0.3 is 10.1 Å². The van der Waals surface area contributed by atoms with Crippen molar-refractivity contribution >= 4 is 17.5 Å². The summed E-state index contributed by atoms with van der Waals surface area (Å²) in [6.07, 6.45) is -0.268. The molecule has 2 aromatic heterocycles. The van der Waals surface area contributed by atoms with E-state index in [1.165, 1.54) is 20.0 Å². The minimum Gasteiger partial charge on any atom is -0.462 e. The third-order valence-electron chi connectivity index (χ3n) is 5.59. The van der Waals surface area contributed by atoms with Crippen LogP contribution in [0.4, 0.5) is 13.2 Å². The lowest BCUT2D eigenvalue weighted by molar-refractivity contribution is -0.138. The second-order valence-corrected chi connectivity index (χ2v) is 9.25. The Morgan fingerprint density at radius 3 is 2.53 bits per heavy atom. The summed E-state index contributed by atoms with van der Waals surface area (Å²) in [5.41, 5.74) is -0.277. The van der Waals surface area contributed by atoms with Crippen LogP contribution in [0.2, 0.25) is 5.02 Å². The van der Waals surface area contributed by atoms with Gasteiger partial charge in [0.25, 0.3) is 5.91 Å². The Hall–Kier alpha value is -3.64. The topological polar surface area (TPSA) is 87.9 Å². The normalized spacial score (nSPS) is 13.4. The highest BCUT2D eigenvalue weighted by molar-refractivity contribution is 6.30. The first-order valence-corrected chi connectivity index (χ1v) is 11.4. The van der Waals surface area contributed by atoms with E-state index in [0.717, 1.165) is 23.3 Å². The van der Waals surface area contributed by atoms with Crippen molar-refractivity contribution < 1.29 is 22.7 Å². The minimum atomic E-state index is -4.52. The van der Waals surface area contributed by atoms with Crippen molar-refractivity contribution in [1.29, 1.82) is 5.26 Å². The van der Waals surface area contributed by atoms with Gasteiger partial charge in [-0.05, 0) is 62.6 Å². The lowest BCUT2D eigenvalue weighted by Gasteiger charge is -2.30. The molecule has 1 amide bonds. The maximum Gasteiger partial charge on any atom is 0.417 e. The number of nitrogens with zero attached hydrogens (tertiary/aromatic N) is 3. The average Bonchev–Trinajstić information content (AvgIpc) is 2.82. The smallest absolute Gasteiger partial charge is 0.417 e. The van der Waals surface area contributed by atoms with Gasteiger partial charge in [-0.1, -0.05) is 23.7 Å². The molecule has 0 spiro atoms. The number of benzene rings is 1. The second-order valence-electron chi connectivity index (χ2n) is 8.82. The highest BCUT2D eigenvalue weighted by atomic mass is 35.5. The third-order valence-corrected chi connectivity index (χ3v) is 5.83. The lowest BCUT2D eigenvalue weighted by atomic mass is 9.86. The fourth-order valence-corrected chi connectivity index (χ4v) is 3.83. The molecule has 0 bridgehead atoms. The number of alkyl halides is 3. The van der Waals surface area contributed by atoms with Crippen LogP contribution in [0.15, 0.2) is 61.1 Å². The molecule has 1 N–H and O–H groups in total. The van der Waals surface area contributed by atoms with E-state index in [2.05, 4.69) is 21.4 Å². The number of ether oxygens (including phenoxy) is 1. The highest BCUT2D eigenvalue weighted by Gasteiger charge is 2.34. The monoisotopic (exact) mass is 516 g/mol. The van der Waals surface area contributed by atoms with E-state index in [1.54, 1.807) is 18.3 Å². The Labute approximate surface area is 212 Å². The van der Waals surface area contributed by atoms with Crippen molar-refractivity contribution in [2.75, 3.05) is 0 Å². The Morgan fingerprint density at radius 2 is 1.92 bits per heavy atom. The van der Waals surface area contributed by atoms with Crippen molar-refractivity contribution in [3.8, 4) is 11.9 Å². The standard InChI is InChI=1S/C26H24ClF3N4O2/c1-16(34-24(35)25(2,3)36-23-8-7-20(15-33-23)26(28,29)30)22(11-17-5-4-6-21(27)10-17)19-9-18(12-31)13-32-14-19/h4-10,13-16,22H,11H2,1-3H3,(H,34,35). The van der Waals surface area contributed by atoms with Crippen LogP contribution < -0.4 is 10.1 Å². The van der Waals surface area contributed by atoms with Gasteiger partial charge in [0.1, 0.15) is 6.07 Å². The highest BCUT2D eigenvalue weighted by Crippen LogP contribution is 2.30. The first-order valence-electron chi connectivity index (χ1n) is 11.0. The predicted molar refractivity (Wildman–Crippen MR) is 128 cm³/mol. The SMILES string of the molecule is CC(NC(=O)C(C)(C)Oc1ccc(C(F)(F)F)cn1)C(Cc1cccc(Cl)c1)c1cncc(C#N)c1. The molecule has 2 atom stereocenters. The van der Waals surface area contributed by atoms with Gasteiger partial charge in [-0.2, -0.15) is 18.4 Å². The molecule has 0 radical (unpaired) electrons. The van der Waals surface area contributed by atoms with Crippen LogP contribution in [-0.2, 0) is 17.4 Å². The molecule has 6 nitrogen and oxygen atoms in total. The van der Waals surface area contributed by atoms with Crippen molar-refractivity contribution in [2.24, 2.45) is 0 Å². The molecule has 0 aliphatic rings. The molecule has 36 heavy (non-hydrogen) atoms. The molecule has 0 saturated heterocycles. The number of nitriles is 1. The molecule has 3 rings (SSSR count). The second kappa shape index (κ2) is 11.0. The number of rotatable bonds is 8. The summed E-state index contributed by atoms with van der Waals surface area (Å²) < 4.78 is 44.0. The molecule has 2 heterocycles. The predicted octanol–water partition coefficient (Wildman–Crippen LogP) is 5.71. The number of aromatic nitrogens is 2. The zero-order valence-corrected chi connectivity index (χ0v) is 20.6. The minimum absolute atomic E-state index is 0.114. The van der Waals surface area contributed by atoms with Gasteiger partial charge in [0, 0.05) is 41.6 Å². The van der Waals surface area contributed by atoms with E-state index in [0.29, 0.717) is 23.2 Å². The van der Waals surface area contributed by atoms with E-state index >= 15 is 0 Å². The number of amides is 1. The number of halogens is 4. The molecule has 2 unspecified atom stereocenters. The fourth-order valence-electron chi connectivity index (χ4n) is 3.62. The zero-order chi connectivity index (χ0) is 26.5. The summed E-state index contributed by atoms with van der Waals surface area (Å²) in [5, 5.41) is 12.8. The Balaban J connectivity index is 1.80. The quantitative estimate of drug-likeness (QED) is 0.414. The summed E-state index contributed by atoms with van der Waals surface area (Å²) in [6, 6.07) is 12.6. The molecule has 0 aliphatic carbocycles. The van der Waals surface area contributed by atoms with Gasteiger partial charge in [0.05, 0.1) is 11.1 Å². The summed E-state index contributed by atoms with van der Waals surface area (Å²) >= 11 is 6.15. The maximum atomic E-state index is 13.1. The molecule has 188 valence electrons. The number of hydrogen-bond acceptors (Lipinski definition) is 5. The van der Waals surface area contributed by atoms with Crippen molar-refractivity contribution in [1.82, 2.24) is 15.3 Å². The van der Waals surface area contributed by atoms with E-state index in [9.17, 15) is 23.2 Å². The van der Waals surface area contributed by atoms with Crippen molar-refractivity contribution in [2.45, 2.75) is 50.9 Å². The fraction of sp³-hybridized carbons (Fsp3) is 0.308. The van der Waals surface area contributed by atoms with Crippen LogP contribution in [0.5, 0.6) is 5.88 Å². The largest absolute Gasteiger partial charge is 0.462 e.